The third-order valence-corrected chi connectivity index (χ3v) is 2.19. The smallest absolute Gasteiger partial charge is 0.196 e. The minimum atomic E-state index is 0.428. The lowest BCUT2D eigenvalue weighted by atomic mass is 10.6. The Morgan fingerprint density at radius 3 is 2.67 bits per heavy atom. The average Bonchev–Trinajstić information content (AvgIpc) is 2.13. The molecule has 46 valence electrons. The highest BCUT2D eigenvalue weighted by Gasteiger charge is 2.01. The molecular weight excluding hydrogens is 156 g/mol. The Labute approximate surface area is 61.7 Å². The molecule has 0 radical (unpaired) electrons. The van der Waals surface area contributed by atoms with E-state index in [9.17, 15) is 0 Å². The molecule has 4 heteroatoms. The van der Waals surface area contributed by atoms with Gasteiger partial charge in [0.2, 0.25) is 0 Å². The van der Waals surface area contributed by atoms with Gasteiger partial charge in [0.15, 0.2) is 5.01 Å². The van der Waals surface area contributed by atoms with Crippen LogP contribution in [0.5, 0.6) is 0 Å². The maximum absolute atomic E-state index is 8.31. The summed E-state index contributed by atoms with van der Waals surface area (Å²) in [7, 11) is 0. The van der Waals surface area contributed by atoms with Crippen LogP contribution in [0.15, 0.2) is 0 Å². The maximum atomic E-state index is 8.31. The molecule has 0 atom stereocenters. The molecule has 1 aromatic rings. The fourth-order valence-corrected chi connectivity index (χ4v) is 1.28. The van der Waals surface area contributed by atoms with Gasteiger partial charge < -0.3 is 0 Å². The van der Waals surface area contributed by atoms with E-state index in [1.807, 2.05) is 6.07 Å². The molecule has 0 aliphatic carbocycles. The first kappa shape index (κ1) is 6.53. The molecule has 1 rings (SSSR count). The quantitative estimate of drug-likeness (QED) is 0.579. The first-order chi connectivity index (χ1) is 4.24. The van der Waals surface area contributed by atoms with Crippen molar-refractivity contribution in [3.8, 4) is 6.07 Å². The summed E-state index contributed by atoms with van der Waals surface area (Å²) in [6, 6.07) is 1.91. The van der Waals surface area contributed by atoms with Gasteiger partial charge in [0.1, 0.15) is 10.4 Å². The zero-order valence-corrected chi connectivity index (χ0v) is 6.25. The predicted molar refractivity (Wildman–Crippen MR) is 36.6 cm³/mol. The molecular formula is C5H3ClN2S. The van der Waals surface area contributed by atoms with Gasteiger partial charge in [-0.2, -0.15) is 5.26 Å². The largest absolute Gasteiger partial charge is 0.230 e. The molecule has 0 N–H and O–H groups in total. The van der Waals surface area contributed by atoms with E-state index < -0.39 is 0 Å². The first-order valence-electron chi connectivity index (χ1n) is 2.27. The van der Waals surface area contributed by atoms with Crippen molar-refractivity contribution in [2.75, 3.05) is 0 Å². The SMILES string of the molecule is Cc1nc(C#N)sc1Cl. The van der Waals surface area contributed by atoms with Gasteiger partial charge in [-0.1, -0.05) is 22.9 Å². The Bertz CT molecular complexity index is 241. The summed E-state index contributed by atoms with van der Waals surface area (Å²) in [4.78, 5) is 3.85. The van der Waals surface area contributed by atoms with Crippen LogP contribution in [0.4, 0.5) is 0 Å². The molecule has 0 amide bonds. The van der Waals surface area contributed by atoms with Crippen LogP contribution in [0, 0.1) is 18.3 Å². The zero-order valence-electron chi connectivity index (χ0n) is 4.68. The van der Waals surface area contributed by atoms with Crippen molar-refractivity contribution in [1.29, 1.82) is 5.26 Å². The zero-order chi connectivity index (χ0) is 6.85. The molecule has 0 fully saturated rings. The number of nitriles is 1. The molecule has 0 saturated carbocycles. The lowest BCUT2D eigenvalue weighted by molar-refractivity contribution is 1.24. The van der Waals surface area contributed by atoms with E-state index in [1.54, 1.807) is 6.92 Å². The summed E-state index contributed by atoms with van der Waals surface area (Å²) in [5, 5.41) is 8.74. The van der Waals surface area contributed by atoms with Gasteiger partial charge in [0.05, 0.1) is 5.69 Å². The van der Waals surface area contributed by atoms with Crippen LogP contribution in [-0.4, -0.2) is 4.98 Å². The second-order valence-electron chi connectivity index (χ2n) is 1.49. The average molecular weight is 159 g/mol. The fraction of sp³-hybridized carbons (Fsp3) is 0.200. The molecule has 0 unspecified atom stereocenters. The van der Waals surface area contributed by atoms with Gasteiger partial charge in [0, 0.05) is 0 Å². The molecule has 0 aliphatic rings. The third-order valence-electron chi connectivity index (χ3n) is 0.836. The van der Waals surface area contributed by atoms with Crippen molar-refractivity contribution < 1.29 is 0 Å². The number of thiazole rings is 1. The van der Waals surface area contributed by atoms with Crippen LogP contribution in [0.1, 0.15) is 10.7 Å². The van der Waals surface area contributed by atoms with Crippen molar-refractivity contribution in [3.63, 3.8) is 0 Å². The summed E-state index contributed by atoms with van der Waals surface area (Å²) in [6.45, 7) is 1.78. The van der Waals surface area contributed by atoms with Crippen LogP contribution < -0.4 is 0 Å². The first-order valence-corrected chi connectivity index (χ1v) is 3.46. The van der Waals surface area contributed by atoms with Gasteiger partial charge in [0.25, 0.3) is 0 Å². The van der Waals surface area contributed by atoms with E-state index in [0.717, 1.165) is 5.69 Å². The normalized spacial score (nSPS) is 9.00. The van der Waals surface area contributed by atoms with Crippen molar-refractivity contribution >= 4 is 22.9 Å². The summed E-state index contributed by atoms with van der Waals surface area (Å²) < 4.78 is 0.603. The maximum Gasteiger partial charge on any atom is 0.196 e. The number of hydrogen-bond acceptors (Lipinski definition) is 3. The van der Waals surface area contributed by atoms with Crippen LogP contribution in [-0.2, 0) is 0 Å². The molecule has 9 heavy (non-hydrogen) atoms. The van der Waals surface area contributed by atoms with Gasteiger partial charge >= 0.3 is 0 Å². The second-order valence-corrected chi connectivity index (χ2v) is 3.09. The Hall–Kier alpha value is -0.590. The van der Waals surface area contributed by atoms with Crippen LogP contribution in [0.3, 0.4) is 0 Å². The Morgan fingerprint density at radius 1 is 1.78 bits per heavy atom. The number of hydrogen-bond donors (Lipinski definition) is 0. The van der Waals surface area contributed by atoms with Crippen molar-refractivity contribution in [2.24, 2.45) is 0 Å². The Balaban J connectivity index is 3.16. The molecule has 0 aliphatic heterocycles. The van der Waals surface area contributed by atoms with E-state index in [-0.39, 0.29) is 0 Å². The predicted octanol–water partition coefficient (Wildman–Crippen LogP) is 1.98. The third kappa shape index (κ3) is 1.21. The topological polar surface area (TPSA) is 36.7 Å². The number of nitrogens with zero attached hydrogens (tertiary/aromatic N) is 2. The number of aryl methyl sites for hydroxylation is 1. The summed E-state index contributed by atoms with van der Waals surface area (Å²) >= 11 is 6.82. The molecule has 1 heterocycles. The van der Waals surface area contributed by atoms with Crippen LogP contribution in [0.25, 0.3) is 0 Å². The number of rotatable bonds is 0. The number of aromatic nitrogens is 1. The Kier molecular flexibility index (Phi) is 1.70. The lowest BCUT2D eigenvalue weighted by Crippen LogP contribution is -1.70. The van der Waals surface area contributed by atoms with Gasteiger partial charge in [-0.05, 0) is 6.92 Å². The van der Waals surface area contributed by atoms with E-state index in [1.165, 1.54) is 11.3 Å². The monoisotopic (exact) mass is 158 g/mol. The Morgan fingerprint density at radius 2 is 2.44 bits per heavy atom. The minimum absolute atomic E-state index is 0.428. The highest BCUT2D eigenvalue weighted by molar-refractivity contribution is 7.16. The standard InChI is InChI=1S/C5H3ClN2S/c1-3-5(6)9-4(2-7)8-3/h1H3. The lowest BCUT2D eigenvalue weighted by Gasteiger charge is -1.74. The number of halogens is 1. The summed E-state index contributed by atoms with van der Waals surface area (Å²) in [5.41, 5.74) is 0.734. The van der Waals surface area contributed by atoms with Crippen molar-refractivity contribution in [3.05, 3.63) is 15.0 Å². The molecule has 0 saturated heterocycles. The summed E-state index contributed by atoms with van der Waals surface area (Å²) in [5.74, 6) is 0. The van der Waals surface area contributed by atoms with Gasteiger partial charge in [-0.3, -0.25) is 0 Å². The van der Waals surface area contributed by atoms with E-state index in [2.05, 4.69) is 4.98 Å². The van der Waals surface area contributed by atoms with Crippen LogP contribution in [0.2, 0.25) is 4.34 Å². The van der Waals surface area contributed by atoms with E-state index in [4.69, 9.17) is 16.9 Å². The fourth-order valence-electron chi connectivity index (χ4n) is 0.426. The van der Waals surface area contributed by atoms with Gasteiger partial charge in [-0.15, -0.1) is 0 Å². The van der Waals surface area contributed by atoms with Crippen molar-refractivity contribution in [1.82, 2.24) is 4.98 Å². The molecule has 1 aromatic heterocycles. The highest BCUT2D eigenvalue weighted by Crippen LogP contribution is 2.22. The minimum Gasteiger partial charge on any atom is -0.230 e. The van der Waals surface area contributed by atoms with Crippen molar-refractivity contribution in [2.45, 2.75) is 6.92 Å². The molecule has 0 spiro atoms. The highest BCUT2D eigenvalue weighted by atomic mass is 35.5. The second kappa shape index (κ2) is 2.34. The van der Waals surface area contributed by atoms with E-state index >= 15 is 0 Å². The molecule has 0 aromatic carbocycles. The van der Waals surface area contributed by atoms with Crippen LogP contribution >= 0.6 is 22.9 Å². The molecule has 2 nitrogen and oxygen atoms in total. The van der Waals surface area contributed by atoms with E-state index in [0.29, 0.717) is 9.34 Å². The molecule has 0 bridgehead atoms. The van der Waals surface area contributed by atoms with Gasteiger partial charge in [-0.25, -0.2) is 4.98 Å². The summed E-state index contributed by atoms with van der Waals surface area (Å²) in [6.07, 6.45) is 0.